The third kappa shape index (κ3) is 8.17. The summed E-state index contributed by atoms with van der Waals surface area (Å²) in [5.41, 5.74) is 5.73. The van der Waals surface area contributed by atoms with Crippen LogP contribution in [-0.2, 0) is 19.3 Å². The zero-order valence-corrected chi connectivity index (χ0v) is 30.0. The molecular formula is C36H39BrCl4O3. The van der Waals surface area contributed by atoms with E-state index in [0.717, 1.165) is 95.1 Å². The first-order valence-corrected chi connectivity index (χ1v) is 17.2. The van der Waals surface area contributed by atoms with E-state index in [1.807, 2.05) is 36.4 Å². The van der Waals surface area contributed by atoms with Crippen LogP contribution in [0, 0.1) is 17.8 Å². The number of fused-ring (bicyclic) bond motifs is 3. The number of hydrogen-bond donors (Lipinski definition) is 0. The Morgan fingerprint density at radius 1 is 0.614 bits per heavy atom. The fourth-order valence-corrected chi connectivity index (χ4v) is 7.80. The van der Waals surface area contributed by atoms with Crippen molar-refractivity contribution in [2.45, 2.75) is 78.6 Å². The van der Waals surface area contributed by atoms with Gasteiger partial charge in [-0.1, -0.05) is 115 Å². The van der Waals surface area contributed by atoms with Crippen LogP contribution in [0.2, 0.25) is 15.1 Å². The van der Waals surface area contributed by atoms with Gasteiger partial charge in [0.05, 0.1) is 0 Å². The summed E-state index contributed by atoms with van der Waals surface area (Å²) in [7, 11) is 0. The zero-order chi connectivity index (χ0) is 31.3. The highest BCUT2D eigenvalue weighted by atomic mass is 79.9. The van der Waals surface area contributed by atoms with Crippen LogP contribution in [0.3, 0.4) is 0 Å². The molecule has 0 aliphatic heterocycles. The van der Waals surface area contributed by atoms with Crippen molar-refractivity contribution in [1.29, 1.82) is 0 Å². The Morgan fingerprint density at radius 2 is 1.05 bits per heavy atom. The summed E-state index contributed by atoms with van der Waals surface area (Å²) in [5.74, 6) is 1.34. The third-order valence-corrected chi connectivity index (χ3v) is 10.2. The molecule has 236 valence electrons. The Balaban J connectivity index is 0.000000178. The Morgan fingerprint density at radius 3 is 1.52 bits per heavy atom. The largest absolute Gasteiger partial charge is 0.294 e. The second-order valence-electron chi connectivity index (χ2n) is 11.6. The summed E-state index contributed by atoms with van der Waals surface area (Å²) in [6.07, 6.45) is 8.62. The molecule has 44 heavy (non-hydrogen) atoms. The molecule has 3 atom stereocenters. The minimum absolute atomic E-state index is 0. The Hall–Kier alpha value is -1.69. The van der Waals surface area contributed by atoms with E-state index in [1.165, 1.54) is 5.56 Å². The molecule has 0 heterocycles. The highest BCUT2D eigenvalue weighted by Crippen LogP contribution is 2.37. The molecule has 3 aliphatic carbocycles. The molecule has 0 spiro atoms. The number of Topliss-reactive ketones (excluding diaryl/α,β-unsaturated/α-hetero) is 3. The molecule has 0 bridgehead atoms. The predicted molar refractivity (Wildman–Crippen MR) is 189 cm³/mol. The molecular weight excluding hydrogens is 702 g/mol. The molecule has 0 amide bonds. The van der Waals surface area contributed by atoms with Crippen LogP contribution < -0.4 is 0 Å². The van der Waals surface area contributed by atoms with E-state index in [1.54, 1.807) is 12.1 Å². The second-order valence-corrected chi connectivity index (χ2v) is 13.7. The van der Waals surface area contributed by atoms with Crippen LogP contribution in [0.25, 0.3) is 0 Å². The van der Waals surface area contributed by atoms with Gasteiger partial charge < -0.3 is 0 Å². The number of hydrogen-bond acceptors (Lipinski definition) is 3. The van der Waals surface area contributed by atoms with Gasteiger partial charge in [0.25, 0.3) is 0 Å². The summed E-state index contributed by atoms with van der Waals surface area (Å²) in [4.78, 5) is 35.8. The van der Waals surface area contributed by atoms with Crippen LogP contribution in [-0.4, -0.2) is 17.3 Å². The first-order valence-electron chi connectivity index (χ1n) is 15.3. The molecule has 3 aromatic carbocycles. The lowest BCUT2D eigenvalue weighted by Gasteiger charge is -2.03. The average Bonchev–Trinajstić information content (AvgIpc) is 3.59. The van der Waals surface area contributed by atoms with E-state index in [-0.39, 0.29) is 41.7 Å². The topological polar surface area (TPSA) is 51.2 Å². The molecule has 3 aromatic rings. The van der Waals surface area contributed by atoms with Gasteiger partial charge in [0.1, 0.15) is 0 Å². The fourth-order valence-electron chi connectivity index (χ4n) is 6.45. The summed E-state index contributed by atoms with van der Waals surface area (Å²) < 4.78 is 1.09. The van der Waals surface area contributed by atoms with Crippen LogP contribution in [0.1, 0.15) is 107 Å². The van der Waals surface area contributed by atoms with E-state index in [4.69, 9.17) is 34.8 Å². The molecule has 0 N–H and O–H groups in total. The molecule has 6 rings (SSSR count). The number of benzene rings is 3. The number of carbonyl (C=O) groups excluding carboxylic acids is 3. The van der Waals surface area contributed by atoms with Crippen molar-refractivity contribution in [2.75, 3.05) is 0 Å². The van der Waals surface area contributed by atoms with E-state index in [9.17, 15) is 14.4 Å². The molecule has 3 aliphatic rings. The molecule has 0 saturated carbocycles. The SMILES string of the molecule is CCCC1Cc2c(Br)cccc2C1=O.CCCC1Cc2c(Cl)cc(Cl)cc2C1=O.CCCC1Cc2c(Cl)cccc2C1=O.Cl. The summed E-state index contributed by atoms with van der Waals surface area (Å²) >= 11 is 21.5. The van der Waals surface area contributed by atoms with Gasteiger partial charge in [0.15, 0.2) is 17.3 Å². The van der Waals surface area contributed by atoms with Crippen LogP contribution in [0.4, 0.5) is 0 Å². The minimum atomic E-state index is 0. The number of carbonyl (C=O) groups is 3. The maximum absolute atomic E-state index is 12.0. The summed E-state index contributed by atoms with van der Waals surface area (Å²) in [6.45, 7) is 6.33. The molecule has 3 unspecified atom stereocenters. The van der Waals surface area contributed by atoms with Crippen molar-refractivity contribution in [1.82, 2.24) is 0 Å². The van der Waals surface area contributed by atoms with Gasteiger partial charge in [-0.2, -0.15) is 0 Å². The highest BCUT2D eigenvalue weighted by molar-refractivity contribution is 9.10. The van der Waals surface area contributed by atoms with Crippen molar-refractivity contribution >= 4 is 80.5 Å². The lowest BCUT2D eigenvalue weighted by atomic mass is 10.00. The number of ketones is 3. The van der Waals surface area contributed by atoms with Crippen molar-refractivity contribution in [2.24, 2.45) is 17.8 Å². The Labute approximate surface area is 291 Å². The quantitative estimate of drug-likeness (QED) is 0.253. The lowest BCUT2D eigenvalue weighted by molar-refractivity contribution is 0.0923. The first-order chi connectivity index (χ1) is 20.6. The van der Waals surface area contributed by atoms with Crippen LogP contribution in [0.5, 0.6) is 0 Å². The van der Waals surface area contributed by atoms with Gasteiger partial charge in [0.2, 0.25) is 0 Å². The van der Waals surface area contributed by atoms with Gasteiger partial charge >= 0.3 is 0 Å². The fraction of sp³-hybridized carbons (Fsp3) is 0.417. The lowest BCUT2D eigenvalue weighted by Crippen LogP contribution is -2.07. The third-order valence-electron chi connectivity index (χ3n) is 8.57. The van der Waals surface area contributed by atoms with E-state index >= 15 is 0 Å². The molecule has 8 heteroatoms. The first kappa shape index (κ1) is 36.8. The average molecular weight is 741 g/mol. The molecule has 0 aromatic heterocycles. The van der Waals surface area contributed by atoms with E-state index < -0.39 is 0 Å². The smallest absolute Gasteiger partial charge is 0.166 e. The van der Waals surface area contributed by atoms with Gasteiger partial charge in [-0.15, -0.1) is 12.4 Å². The van der Waals surface area contributed by atoms with Gasteiger partial charge in [-0.3, -0.25) is 14.4 Å². The predicted octanol–water partition coefficient (Wildman–Crippen LogP) is 11.7. The van der Waals surface area contributed by atoms with E-state index in [0.29, 0.717) is 15.8 Å². The zero-order valence-electron chi connectivity index (χ0n) is 25.4. The standard InChI is InChI=1S/C12H13BrO.C12H12Cl2O.C12H13ClO.ClH/c1-2-4-8-7-10-9(12(8)14)5-3-6-11(10)13;1-2-3-7-4-9-10(12(7)15)5-8(13)6-11(9)14;1-2-4-8-7-10-9(12(8)14)5-3-6-11(10)13;/h3,5-6,8H,2,4,7H2,1H3;5-7H,2-4H2,1H3;3,5-6,8H,2,4,7H2,1H3;1H. The van der Waals surface area contributed by atoms with Crippen molar-refractivity contribution in [3.63, 3.8) is 0 Å². The minimum Gasteiger partial charge on any atom is -0.294 e. The monoisotopic (exact) mass is 738 g/mol. The van der Waals surface area contributed by atoms with Gasteiger partial charge in [0, 0.05) is 54.0 Å². The van der Waals surface area contributed by atoms with Gasteiger partial charge in [-0.05, 0) is 79.5 Å². The normalized spacial score (nSPS) is 19.2. The van der Waals surface area contributed by atoms with Crippen molar-refractivity contribution < 1.29 is 14.4 Å². The summed E-state index contributed by atoms with van der Waals surface area (Å²) in [6, 6.07) is 15.0. The van der Waals surface area contributed by atoms with Crippen molar-refractivity contribution in [3.05, 3.63) is 101 Å². The van der Waals surface area contributed by atoms with Crippen LogP contribution >= 0.6 is 63.1 Å². The maximum Gasteiger partial charge on any atom is 0.166 e. The maximum atomic E-state index is 12.0. The molecule has 0 fully saturated rings. The highest BCUT2D eigenvalue weighted by Gasteiger charge is 2.33. The summed E-state index contributed by atoms with van der Waals surface area (Å²) in [5, 5.41) is 1.92. The second kappa shape index (κ2) is 16.7. The molecule has 0 radical (unpaired) electrons. The Kier molecular flexibility index (Phi) is 14.0. The number of halogens is 5. The molecule has 3 nitrogen and oxygen atoms in total. The Bertz CT molecular complexity index is 1450. The van der Waals surface area contributed by atoms with Crippen LogP contribution in [0.15, 0.2) is 53.0 Å². The van der Waals surface area contributed by atoms with E-state index in [2.05, 4.69) is 36.7 Å². The molecule has 0 saturated heterocycles. The number of rotatable bonds is 6. The van der Waals surface area contributed by atoms with Gasteiger partial charge in [-0.25, -0.2) is 0 Å². The van der Waals surface area contributed by atoms with Crippen molar-refractivity contribution in [3.8, 4) is 0 Å².